The highest BCUT2D eigenvalue weighted by Crippen LogP contribution is 2.18. The van der Waals surface area contributed by atoms with E-state index in [4.69, 9.17) is 11.6 Å². The lowest BCUT2D eigenvalue weighted by Crippen LogP contribution is -1.92. The van der Waals surface area contributed by atoms with Crippen molar-refractivity contribution in [2.45, 2.75) is 5.88 Å². The fraction of sp³-hybridized carbons (Fsp3) is 0.143. The van der Waals surface area contributed by atoms with Crippen molar-refractivity contribution in [2.75, 3.05) is 0 Å². The van der Waals surface area contributed by atoms with Crippen molar-refractivity contribution in [3.63, 3.8) is 0 Å². The Morgan fingerprint density at radius 1 is 1.73 bits per heavy atom. The van der Waals surface area contributed by atoms with Crippen LogP contribution in [0.2, 0.25) is 0 Å². The van der Waals surface area contributed by atoms with Gasteiger partial charge in [-0.15, -0.1) is 11.6 Å². The smallest absolute Gasteiger partial charge is 0.258 e. The van der Waals surface area contributed by atoms with E-state index < -0.39 is 4.92 Å². The van der Waals surface area contributed by atoms with Gasteiger partial charge in [0.2, 0.25) is 0 Å². The maximum absolute atomic E-state index is 10.3. The zero-order valence-electron chi connectivity index (χ0n) is 5.58. The van der Waals surface area contributed by atoms with Gasteiger partial charge in [0.25, 0.3) is 5.69 Å². The summed E-state index contributed by atoms with van der Waals surface area (Å²) in [6.45, 7) is 0. The van der Waals surface area contributed by atoms with Gasteiger partial charge in [-0.3, -0.25) is 10.1 Å². The molecule has 57 valence electrons. The largest absolute Gasteiger partial charge is 0.273 e. The number of nitrogens with zero attached hydrogens (tertiary/aromatic N) is 1. The Balaban J connectivity index is 3.12. The summed E-state index contributed by atoms with van der Waals surface area (Å²) in [7, 11) is 0. The van der Waals surface area contributed by atoms with Crippen molar-refractivity contribution in [3.05, 3.63) is 39.9 Å². The fourth-order valence-electron chi connectivity index (χ4n) is 0.742. The van der Waals surface area contributed by atoms with Gasteiger partial charge >= 0.3 is 0 Å². The van der Waals surface area contributed by atoms with Crippen LogP contribution in [0.3, 0.4) is 0 Å². The van der Waals surface area contributed by atoms with E-state index in [1.807, 2.05) is 0 Å². The van der Waals surface area contributed by atoms with Crippen molar-refractivity contribution in [2.24, 2.45) is 0 Å². The van der Waals surface area contributed by atoms with E-state index in [2.05, 4.69) is 6.07 Å². The first kappa shape index (κ1) is 8.01. The summed E-state index contributed by atoms with van der Waals surface area (Å²) in [5.74, 6) is 0.146. The summed E-state index contributed by atoms with van der Waals surface area (Å²) < 4.78 is 0. The lowest BCUT2D eigenvalue weighted by atomic mass is 10.2. The molecule has 0 heterocycles. The summed E-state index contributed by atoms with van der Waals surface area (Å²) in [5.41, 5.74) is 0.554. The van der Waals surface area contributed by atoms with Crippen LogP contribution in [0.25, 0.3) is 0 Å². The van der Waals surface area contributed by atoms with E-state index in [1.54, 1.807) is 0 Å². The average molecular weight is 171 g/mol. The third-order valence-corrected chi connectivity index (χ3v) is 1.55. The molecular formula is C7H5ClNO2. The third-order valence-electron chi connectivity index (χ3n) is 1.26. The topological polar surface area (TPSA) is 43.1 Å². The molecule has 0 fully saturated rings. The number of nitro groups is 1. The minimum atomic E-state index is -0.453. The van der Waals surface area contributed by atoms with E-state index in [0.29, 0.717) is 5.56 Å². The first-order valence-electron chi connectivity index (χ1n) is 2.95. The van der Waals surface area contributed by atoms with Gasteiger partial charge < -0.3 is 0 Å². The number of hydrogen-bond donors (Lipinski definition) is 0. The Morgan fingerprint density at radius 2 is 2.45 bits per heavy atom. The Kier molecular flexibility index (Phi) is 2.44. The second kappa shape index (κ2) is 3.34. The van der Waals surface area contributed by atoms with Gasteiger partial charge in [-0.1, -0.05) is 0 Å². The molecule has 0 aliphatic rings. The van der Waals surface area contributed by atoms with E-state index in [0.717, 1.165) is 0 Å². The molecule has 1 aromatic rings. The van der Waals surface area contributed by atoms with Crippen LogP contribution in [0.15, 0.2) is 18.2 Å². The van der Waals surface area contributed by atoms with Gasteiger partial charge in [-0.2, -0.15) is 0 Å². The molecule has 0 aromatic heterocycles. The van der Waals surface area contributed by atoms with E-state index in [-0.39, 0.29) is 11.6 Å². The zero-order valence-corrected chi connectivity index (χ0v) is 6.34. The van der Waals surface area contributed by atoms with Crippen molar-refractivity contribution in [3.8, 4) is 0 Å². The molecule has 11 heavy (non-hydrogen) atoms. The van der Waals surface area contributed by atoms with Crippen LogP contribution in [0.5, 0.6) is 0 Å². The van der Waals surface area contributed by atoms with Crippen LogP contribution in [-0.2, 0) is 5.88 Å². The van der Waals surface area contributed by atoms with Crippen molar-refractivity contribution >= 4 is 17.3 Å². The molecule has 0 N–H and O–H groups in total. The molecule has 0 aliphatic carbocycles. The molecule has 0 unspecified atom stereocenters. The van der Waals surface area contributed by atoms with Gasteiger partial charge in [0.05, 0.1) is 10.8 Å². The third kappa shape index (κ3) is 1.68. The number of benzene rings is 1. The lowest BCUT2D eigenvalue weighted by molar-refractivity contribution is -0.385. The van der Waals surface area contributed by atoms with Crippen LogP contribution in [0.4, 0.5) is 5.69 Å². The zero-order chi connectivity index (χ0) is 8.27. The van der Waals surface area contributed by atoms with Crippen LogP contribution in [0.1, 0.15) is 5.56 Å². The Labute approximate surface area is 68.8 Å². The minimum Gasteiger partial charge on any atom is -0.258 e. The fourth-order valence-corrected chi connectivity index (χ4v) is 0.956. The van der Waals surface area contributed by atoms with Gasteiger partial charge in [0.15, 0.2) is 0 Å². The normalized spacial score (nSPS) is 9.55. The van der Waals surface area contributed by atoms with Crippen molar-refractivity contribution < 1.29 is 4.92 Å². The van der Waals surface area contributed by atoms with Gasteiger partial charge in [0.1, 0.15) is 0 Å². The number of hydrogen-bond acceptors (Lipinski definition) is 2. The molecule has 0 saturated carbocycles. The monoisotopic (exact) mass is 170 g/mol. The summed E-state index contributed by atoms with van der Waals surface area (Å²) in [4.78, 5) is 9.86. The molecule has 1 aromatic carbocycles. The van der Waals surface area contributed by atoms with E-state index in [1.165, 1.54) is 18.2 Å². The lowest BCUT2D eigenvalue weighted by Gasteiger charge is -1.95. The molecular weight excluding hydrogens is 166 g/mol. The predicted octanol–water partition coefficient (Wildman–Crippen LogP) is 2.13. The molecule has 0 aliphatic heterocycles. The molecule has 3 nitrogen and oxygen atoms in total. The number of halogens is 1. The van der Waals surface area contributed by atoms with Crippen LogP contribution >= 0.6 is 11.6 Å². The molecule has 0 amide bonds. The number of rotatable bonds is 2. The Bertz CT molecular complexity index is 275. The highest BCUT2D eigenvalue weighted by molar-refractivity contribution is 6.17. The standard InChI is InChI=1S/C7H5ClNO2/c8-5-6-3-1-2-4-7(6)9(10)11/h2-4H,5H2. The number of alkyl halides is 1. The maximum atomic E-state index is 10.3. The first-order chi connectivity index (χ1) is 5.25. The Hall–Kier alpha value is -1.09. The van der Waals surface area contributed by atoms with Crippen molar-refractivity contribution in [1.29, 1.82) is 0 Å². The van der Waals surface area contributed by atoms with Crippen LogP contribution < -0.4 is 0 Å². The predicted molar refractivity (Wildman–Crippen MR) is 41.5 cm³/mol. The summed E-state index contributed by atoms with van der Waals surface area (Å²) in [6.07, 6.45) is 0. The second-order valence-electron chi connectivity index (χ2n) is 1.95. The first-order valence-corrected chi connectivity index (χ1v) is 3.48. The second-order valence-corrected chi connectivity index (χ2v) is 2.21. The molecule has 0 saturated heterocycles. The quantitative estimate of drug-likeness (QED) is 0.388. The van der Waals surface area contributed by atoms with Gasteiger partial charge in [-0.05, 0) is 18.2 Å². The van der Waals surface area contributed by atoms with Crippen LogP contribution in [0, 0.1) is 16.2 Å². The van der Waals surface area contributed by atoms with E-state index in [9.17, 15) is 10.1 Å². The molecule has 4 heteroatoms. The van der Waals surface area contributed by atoms with Gasteiger partial charge in [-0.25, -0.2) is 0 Å². The SMILES string of the molecule is O=[N+]([O-])c1cc[c]cc1CCl. The summed E-state index contributed by atoms with van der Waals surface area (Å²) >= 11 is 5.45. The Morgan fingerprint density at radius 3 is 2.91 bits per heavy atom. The van der Waals surface area contributed by atoms with E-state index >= 15 is 0 Å². The van der Waals surface area contributed by atoms with Gasteiger partial charge in [0, 0.05) is 11.6 Å². The summed E-state index contributed by atoms with van der Waals surface area (Å²) in [5, 5.41) is 10.3. The highest BCUT2D eigenvalue weighted by Gasteiger charge is 2.09. The number of nitro benzene ring substituents is 1. The molecule has 0 atom stereocenters. The molecule has 1 rings (SSSR count). The maximum Gasteiger partial charge on any atom is 0.273 e. The minimum absolute atomic E-state index is 0.0544. The summed E-state index contributed by atoms with van der Waals surface area (Å²) in [6, 6.07) is 7.12. The average Bonchev–Trinajstić information content (AvgIpc) is 2.04. The molecule has 0 bridgehead atoms. The van der Waals surface area contributed by atoms with Crippen molar-refractivity contribution in [1.82, 2.24) is 0 Å². The highest BCUT2D eigenvalue weighted by atomic mass is 35.5. The molecule has 1 radical (unpaired) electrons. The molecule has 0 spiro atoms. The van der Waals surface area contributed by atoms with Crippen LogP contribution in [-0.4, -0.2) is 4.92 Å².